The van der Waals surface area contributed by atoms with E-state index < -0.39 is 16.0 Å². The molecule has 0 spiro atoms. The molecule has 1 N–H and O–H groups in total. The first-order valence-electron chi connectivity index (χ1n) is 9.33. The summed E-state index contributed by atoms with van der Waals surface area (Å²) in [7, 11) is -2.24. The lowest BCUT2D eigenvalue weighted by atomic mass is 10.1. The van der Waals surface area contributed by atoms with E-state index in [9.17, 15) is 18.0 Å². The molecular formula is C19H23N3O6S2. The van der Waals surface area contributed by atoms with Crippen molar-refractivity contribution in [1.29, 1.82) is 0 Å². The molecule has 1 aromatic heterocycles. The zero-order valence-corrected chi connectivity index (χ0v) is 18.3. The molecule has 1 fully saturated rings. The van der Waals surface area contributed by atoms with Crippen molar-refractivity contribution in [2.75, 3.05) is 38.7 Å². The van der Waals surface area contributed by atoms with Crippen molar-refractivity contribution in [1.82, 2.24) is 9.29 Å². The number of anilines is 1. The Kier molecular flexibility index (Phi) is 7.19. The average molecular weight is 454 g/mol. The topological polar surface area (TPSA) is 115 Å². The van der Waals surface area contributed by atoms with Gasteiger partial charge in [0.15, 0.2) is 5.13 Å². The average Bonchev–Trinajstić information content (AvgIpc) is 3.12. The second-order valence-corrected chi connectivity index (χ2v) is 9.57. The summed E-state index contributed by atoms with van der Waals surface area (Å²) in [6.45, 7) is 3.15. The highest BCUT2D eigenvalue weighted by Crippen LogP contribution is 2.23. The fourth-order valence-electron chi connectivity index (χ4n) is 2.94. The van der Waals surface area contributed by atoms with E-state index in [0.717, 1.165) is 16.9 Å². The number of rotatable bonds is 7. The Balaban J connectivity index is 1.56. The lowest BCUT2D eigenvalue weighted by Gasteiger charge is -2.26. The third-order valence-electron chi connectivity index (χ3n) is 4.59. The number of esters is 1. The van der Waals surface area contributed by atoms with Crippen molar-refractivity contribution < 1.29 is 27.5 Å². The lowest BCUT2D eigenvalue weighted by molar-refractivity contribution is -0.116. The summed E-state index contributed by atoms with van der Waals surface area (Å²) >= 11 is 1.06. The van der Waals surface area contributed by atoms with Crippen LogP contribution in [0.5, 0.6) is 0 Å². The van der Waals surface area contributed by atoms with Crippen LogP contribution >= 0.6 is 11.3 Å². The van der Waals surface area contributed by atoms with Crippen LogP contribution in [0.25, 0.3) is 0 Å². The van der Waals surface area contributed by atoms with Gasteiger partial charge in [0, 0.05) is 19.5 Å². The minimum atomic E-state index is -3.53. The van der Waals surface area contributed by atoms with Gasteiger partial charge in [-0.25, -0.2) is 18.2 Å². The number of ether oxygens (including phenoxy) is 2. The number of nitrogens with one attached hydrogen (secondary N) is 1. The molecule has 0 atom stereocenters. The number of amides is 1. The first-order chi connectivity index (χ1) is 14.3. The van der Waals surface area contributed by atoms with Gasteiger partial charge in [-0.15, -0.1) is 0 Å². The Hall–Kier alpha value is -2.34. The largest absolute Gasteiger partial charge is 0.465 e. The van der Waals surface area contributed by atoms with Crippen molar-refractivity contribution in [3.05, 3.63) is 40.4 Å². The SMILES string of the molecule is COC(=O)c1sc(NC(=O)CCc2ccc(S(=O)(=O)N3CCOCC3)cc2)nc1C. The Labute approximate surface area is 179 Å². The number of benzene rings is 1. The predicted molar refractivity (Wildman–Crippen MR) is 111 cm³/mol. The second kappa shape index (κ2) is 9.65. The molecule has 0 bridgehead atoms. The number of methoxy groups -OCH3 is 1. The first-order valence-corrected chi connectivity index (χ1v) is 11.6. The van der Waals surface area contributed by atoms with Crippen molar-refractivity contribution in [3.8, 4) is 0 Å². The highest BCUT2D eigenvalue weighted by Gasteiger charge is 2.26. The maximum atomic E-state index is 12.6. The summed E-state index contributed by atoms with van der Waals surface area (Å²) in [5.41, 5.74) is 1.34. The molecular weight excluding hydrogens is 430 g/mol. The van der Waals surface area contributed by atoms with Gasteiger partial charge >= 0.3 is 5.97 Å². The van der Waals surface area contributed by atoms with E-state index in [1.54, 1.807) is 31.2 Å². The van der Waals surface area contributed by atoms with E-state index in [1.165, 1.54) is 11.4 Å². The van der Waals surface area contributed by atoms with Gasteiger partial charge in [-0.3, -0.25) is 4.79 Å². The molecule has 3 rings (SSSR count). The number of morpholine rings is 1. The molecule has 30 heavy (non-hydrogen) atoms. The predicted octanol–water partition coefficient (Wildman–Crippen LogP) is 1.83. The second-order valence-electron chi connectivity index (χ2n) is 6.63. The molecule has 11 heteroatoms. The number of carbonyl (C=O) groups excluding carboxylic acids is 2. The van der Waals surface area contributed by atoms with E-state index in [0.29, 0.717) is 48.4 Å². The number of sulfonamides is 1. The van der Waals surface area contributed by atoms with Crippen LogP contribution in [0.2, 0.25) is 0 Å². The highest BCUT2D eigenvalue weighted by molar-refractivity contribution is 7.89. The zero-order chi connectivity index (χ0) is 21.7. The van der Waals surface area contributed by atoms with Crippen LogP contribution < -0.4 is 5.32 Å². The Morgan fingerprint density at radius 1 is 1.23 bits per heavy atom. The Morgan fingerprint density at radius 2 is 1.90 bits per heavy atom. The smallest absolute Gasteiger partial charge is 0.350 e. The lowest BCUT2D eigenvalue weighted by Crippen LogP contribution is -2.40. The molecule has 162 valence electrons. The monoisotopic (exact) mass is 453 g/mol. The van der Waals surface area contributed by atoms with E-state index in [-0.39, 0.29) is 17.2 Å². The Bertz CT molecular complexity index is 1010. The summed E-state index contributed by atoms with van der Waals surface area (Å²) < 4.78 is 36.6. The fourth-order valence-corrected chi connectivity index (χ4v) is 5.24. The quantitative estimate of drug-likeness (QED) is 0.636. The molecule has 0 aliphatic carbocycles. The number of thiazole rings is 1. The van der Waals surface area contributed by atoms with Gasteiger partial charge in [-0.1, -0.05) is 23.5 Å². The third kappa shape index (κ3) is 5.22. The van der Waals surface area contributed by atoms with Crippen LogP contribution in [-0.4, -0.2) is 63.0 Å². The van der Waals surface area contributed by atoms with E-state index in [4.69, 9.17) is 4.74 Å². The van der Waals surface area contributed by atoms with Crippen LogP contribution in [0.1, 0.15) is 27.3 Å². The van der Waals surface area contributed by atoms with Crippen molar-refractivity contribution in [3.63, 3.8) is 0 Å². The molecule has 1 aliphatic rings. The van der Waals surface area contributed by atoms with Crippen LogP contribution in [0.4, 0.5) is 5.13 Å². The van der Waals surface area contributed by atoms with Gasteiger partial charge in [-0.05, 0) is 31.0 Å². The highest BCUT2D eigenvalue weighted by atomic mass is 32.2. The minimum Gasteiger partial charge on any atom is -0.465 e. The maximum absolute atomic E-state index is 12.6. The fraction of sp³-hybridized carbons (Fsp3) is 0.421. The number of aryl methyl sites for hydroxylation is 2. The zero-order valence-electron chi connectivity index (χ0n) is 16.7. The van der Waals surface area contributed by atoms with E-state index in [2.05, 4.69) is 15.0 Å². The summed E-state index contributed by atoms with van der Waals surface area (Å²) in [4.78, 5) is 28.6. The first kappa shape index (κ1) is 22.3. The molecule has 2 aromatic rings. The standard InChI is InChI=1S/C19H23N3O6S2/c1-13-17(18(24)27-2)29-19(20-13)21-16(23)8-5-14-3-6-15(7-4-14)30(25,26)22-9-11-28-12-10-22/h3-4,6-7H,5,8-12H2,1-2H3,(H,20,21,23). The number of hydrogen-bond donors (Lipinski definition) is 1. The van der Waals surface area contributed by atoms with Crippen LogP contribution in [0, 0.1) is 6.92 Å². The number of nitrogens with zero attached hydrogens (tertiary/aromatic N) is 2. The van der Waals surface area contributed by atoms with Gasteiger partial charge in [0.1, 0.15) is 4.88 Å². The third-order valence-corrected chi connectivity index (χ3v) is 7.55. The number of aromatic nitrogens is 1. The van der Waals surface area contributed by atoms with Gasteiger partial charge in [0.2, 0.25) is 15.9 Å². The maximum Gasteiger partial charge on any atom is 0.350 e. The number of hydrogen-bond acceptors (Lipinski definition) is 8. The molecule has 0 saturated carbocycles. The van der Waals surface area contributed by atoms with Gasteiger partial charge in [0.05, 0.1) is 30.9 Å². The van der Waals surface area contributed by atoms with Gasteiger partial charge in [-0.2, -0.15) is 4.31 Å². The summed E-state index contributed by atoms with van der Waals surface area (Å²) in [6, 6.07) is 6.54. The molecule has 9 nitrogen and oxygen atoms in total. The van der Waals surface area contributed by atoms with Crippen molar-refractivity contribution in [2.45, 2.75) is 24.7 Å². The van der Waals surface area contributed by atoms with E-state index >= 15 is 0 Å². The minimum absolute atomic E-state index is 0.196. The van der Waals surface area contributed by atoms with Gasteiger partial charge in [0.25, 0.3) is 0 Å². The van der Waals surface area contributed by atoms with Gasteiger partial charge < -0.3 is 14.8 Å². The van der Waals surface area contributed by atoms with Crippen molar-refractivity contribution >= 4 is 38.4 Å². The summed E-state index contributed by atoms with van der Waals surface area (Å²) in [5.74, 6) is -0.734. The summed E-state index contributed by atoms with van der Waals surface area (Å²) in [5, 5.41) is 3.02. The normalized spacial score (nSPS) is 15.0. The summed E-state index contributed by atoms with van der Waals surface area (Å²) in [6.07, 6.45) is 0.639. The van der Waals surface area contributed by atoms with E-state index in [1.807, 2.05) is 0 Å². The Morgan fingerprint density at radius 3 is 2.53 bits per heavy atom. The van der Waals surface area contributed by atoms with Crippen molar-refractivity contribution in [2.24, 2.45) is 0 Å². The molecule has 1 aromatic carbocycles. The van der Waals surface area contributed by atoms with Crippen LogP contribution in [0.3, 0.4) is 0 Å². The van der Waals surface area contributed by atoms with Crippen LogP contribution in [-0.2, 0) is 30.7 Å². The molecule has 0 radical (unpaired) electrons. The molecule has 1 aliphatic heterocycles. The molecule has 0 unspecified atom stereocenters. The number of carbonyl (C=O) groups is 2. The molecule has 2 heterocycles. The molecule has 1 amide bonds. The van der Waals surface area contributed by atoms with Crippen LogP contribution in [0.15, 0.2) is 29.2 Å². The molecule has 1 saturated heterocycles.